The number of amides is 3. The maximum atomic E-state index is 12.9. The lowest BCUT2D eigenvalue weighted by Gasteiger charge is -2.27. The zero-order valence-electron chi connectivity index (χ0n) is 18.1. The fourth-order valence-electron chi connectivity index (χ4n) is 3.67. The number of nitrogens with one attached hydrogen (secondary N) is 2. The number of rotatable bonds is 7. The zero-order chi connectivity index (χ0) is 22.2. The Labute approximate surface area is 182 Å². The van der Waals surface area contributed by atoms with Gasteiger partial charge < -0.3 is 20.0 Å². The summed E-state index contributed by atoms with van der Waals surface area (Å²) in [7, 11) is 0. The summed E-state index contributed by atoms with van der Waals surface area (Å²) in [4.78, 5) is 41.5. The summed E-state index contributed by atoms with van der Waals surface area (Å²) < 4.78 is 5.24. The summed E-state index contributed by atoms with van der Waals surface area (Å²) in [5, 5.41) is 5.71. The summed E-state index contributed by atoms with van der Waals surface area (Å²) in [6.07, 6.45) is 2.88. The van der Waals surface area contributed by atoms with E-state index in [2.05, 4.69) is 15.5 Å². The molecule has 166 valence electrons. The van der Waals surface area contributed by atoms with Gasteiger partial charge in [0.15, 0.2) is 0 Å². The molecule has 1 aromatic carbocycles. The van der Waals surface area contributed by atoms with E-state index in [-0.39, 0.29) is 30.3 Å². The first-order valence-corrected chi connectivity index (χ1v) is 10.7. The van der Waals surface area contributed by atoms with Crippen molar-refractivity contribution in [2.75, 3.05) is 31.5 Å². The van der Waals surface area contributed by atoms with Crippen LogP contribution in [0.5, 0.6) is 0 Å². The summed E-state index contributed by atoms with van der Waals surface area (Å²) in [5.41, 5.74) is 0.860. The lowest BCUT2D eigenvalue weighted by atomic mass is 10.1. The molecule has 1 fully saturated rings. The maximum Gasteiger partial charge on any atom is 0.253 e. The minimum Gasteiger partial charge on any atom is -0.467 e. The molecule has 1 aliphatic heterocycles. The Balaban J connectivity index is 1.61. The van der Waals surface area contributed by atoms with Crippen LogP contribution in [0.15, 0.2) is 47.1 Å². The quantitative estimate of drug-likeness (QED) is 0.709. The standard InChI is InChI=1S/C23H30N4O4/c1-3-21(28)27-12-7-11-26(13-14-27)17(2)22(29)25-20-10-5-4-9-19(20)23(30)24-16-18-8-6-15-31-18/h4-6,8-10,15,17H,3,7,11-14,16H2,1-2H3,(H,24,30)(H,25,29). The molecule has 1 atom stereocenters. The third kappa shape index (κ3) is 5.95. The van der Waals surface area contributed by atoms with Crippen LogP contribution in [0.3, 0.4) is 0 Å². The van der Waals surface area contributed by atoms with Crippen LogP contribution in [0.25, 0.3) is 0 Å². The monoisotopic (exact) mass is 426 g/mol. The average molecular weight is 427 g/mol. The Morgan fingerprint density at radius 1 is 1.06 bits per heavy atom. The number of para-hydroxylation sites is 1. The van der Waals surface area contributed by atoms with Crippen molar-refractivity contribution in [1.29, 1.82) is 0 Å². The highest BCUT2D eigenvalue weighted by Gasteiger charge is 2.26. The van der Waals surface area contributed by atoms with Crippen molar-refractivity contribution in [3.63, 3.8) is 0 Å². The van der Waals surface area contributed by atoms with E-state index in [1.54, 1.807) is 42.7 Å². The number of nitrogens with zero attached hydrogens (tertiary/aromatic N) is 2. The molecule has 0 saturated carbocycles. The van der Waals surface area contributed by atoms with E-state index in [0.717, 1.165) is 19.5 Å². The topological polar surface area (TPSA) is 94.9 Å². The predicted octanol–water partition coefficient (Wildman–Crippen LogP) is 2.48. The Morgan fingerprint density at radius 2 is 1.87 bits per heavy atom. The summed E-state index contributed by atoms with van der Waals surface area (Å²) >= 11 is 0. The van der Waals surface area contributed by atoms with Gasteiger partial charge in [-0.05, 0) is 37.6 Å². The highest BCUT2D eigenvalue weighted by molar-refractivity contribution is 6.04. The highest BCUT2D eigenvalue weighted by atomic mass is 16.3. The summed E-state index contributed by atoms with van der Waals surface area (Å²) in [6.45, 7) is 6.71. The molecule has 2 aromatic rings. The van der Waals surface area contributed by atoms with Gasteiger partial charge in [0, 0.05) is 32.6 Å². The van der Waals surface area contributed by atoms with Crippen LogP contribution in [0.2, 0.25) is 0 Å². The van der Waals surface area contributed by atoms with Gasteiger partial charge in [-0.25, -0.2) is 0 Å². The first-order valence-electron chi connectivity index (χ1n) is 10.7. The van der Waals surface area contributed by atoms with Crippen molar-refractivity contribution in [2.24, 2.45) is 0 Å². The van der Waals surface area contributed by atoms with Crippen molar-refractivity contribution >= 4 is 23.4 Å². The van der Waals surface area contributed by atoms with Crippen LogP contribution in [-0.4, -0.2) is 59.7 Å². The zero-order valence-corrected chi connectivity index (χ0v) is 18.1. The lowest BCUT2D eigenvalue weighted by molar-refractivity contribution is -0.130. The Morgan fingerprint density at radius 3 is 2.61 bits per heavy atom. The molecular weight excluding hydrogens is 396 g/mol. The molecule has 3 rings (SSSR count). The van der Waals surface area contributed by atoms with Gasteiger partial charge in [-0.3, -0.25) is 19.3 Å². The number of furan rings is 1. The average Bonchev–Trinajstić information content (AvgIpc) is 3.19. The molecule has 1 aliphatic rings. The molecule has 31 heavy (non-hydrogen) atoms. The third-order valence-corrected chi connectivity index (χ3v) is 5.55. The molecule has 1 aromatic heterocycles. The van der Waals surface area contributed by atoms with E-state index in [9.17, 15) is 14.4 Å². The highest BCUT2D eigenvalue weighted by Crippen LogP contribution is 2.17. The summed E-state index contributed by atoms with van der Waals surface area (Å²) in [5.74, 6) is 0.332. The second-order valence-electron chi connectivity index (χ2n) is 7.60. The maximum absolute atomic E-state index is 12.9. The van der Waals surface area contributed by atoms with Gasteiger partial charge in [-0.1, -0.05) is 19.1 Å². The Hall–Kier alpha value is -3.13. The molecular formula is C23H30N4O4. The van der Waals surface area contributed by atoms with E-state index < -0.39 is 0 Å². The largest absolute Gasteiger partial charge is 0.467 e. The molecule has 0 spiro atoms. The molecule has 8 heteroatoms. The fourth-order valence-corrected chi connectivity index (χ4v) is 3.67. The Bertz CT molecular complexity index is 897. The molecule has 0 aliphatic carbocycles. The first-order chi connectivity index (χ1) is 15.0. The van der Waals surface area contributed by atoms with E-state index >= 15 is 0 Å². The van der Waals surface area contributed by atoms with Gasteiger partial charge in [0.05, 0.1) is 30.1 Å². The van der Waals surface area contributed by atoms with E-state index in [1.807, 2.05) is 18.7 Å². The van der Waals surface area contributed by atoms with Crippen LogP contribution >= 0.6 is 0 Å². The number of carbonyl (C=O) groups excluding carboxylic acids is 3. The van der Waals surface area contributed by atoms with Gasteiger partial charge >= 0.3 is 0 Å². The molecule has 2 heterocycles. The van der Waals surface area contributed by atoms with Gasteiger partial charge in [-0.15, -0.1) is 0 Å². The van der Waals surface area contributed by atoms with Crippen LogP contribution in [0.1, 0.15) is 42.8 Å². The van der Waals surface area contributed by atoms with Gasteiger partial charge in [0.1, 0.15) is 5.76 Å². The predicted molar refractivity (Wildman–Crippen MR) is 117 cm³/mol. The van der Waals surface area contributed by atoms with Crippen LogP contribution in [0.4, 0.5) is 5.69 Å². The molecule has 0 bridgehead atoms. The molecule has 2 N–H and O–H groups in total. The van der Waals surface area contributed by atoms with Gasteiger partial charge in [-0.2, -0.15) is 0 Å². The van der Waals surface area contributed by atoms with Crippen LogP contribution in [0, 0.1) is 0 Å². The van der Waals surface area contributed by atoms with Crippen LogP contribution < -0.4 is 10.6 Å². The second-order valence-corrected chi connectivity index (χ2v) is 7.60. The third-order valence-electron chi connectivity index (χ3n) is 5.55. The normalized spacial score (nSPS) is 15.7. The number of hydrogen-bond donors (Lipinski definition) is 2. The first kappa shape index (κ1) is 22.6. The molecule has 0 radical (unpaired) electrons. The minimum absolute atomic E-state index is 0.147. The van der Waals surface area contributed by atoms with Crippen molar-refractivity contribution in [1.82, 2.24) is 15.1 Å². The van der Waals surface area contributed by atoms with Crippen molar-refractivity contribution in [2.45, 2.75) is 39.3 Å². The van der Waals surface area contributed by atoms with E-state index in [1.165, 1.54) is 0 Å². The SMILES string of the molecule is CCC(=O)N1CCCN(C(C)C(=O)Nc2ccccc2C(=O)NCc2ccco2)CC1. The second kappa shape index (κ2) is 10.8. The number of benzene rings is 1. The Kier molecular flexibility index (Phi) is 7.83. The van der Waals surface area contributed by atoms with E-state index in [4.69, 9.17) is 4.42 Å². The molecule has 1 unspecified atom stereocenters. The summed E-state index contributed by atoms with van der Waals surface area (Å²) in [6, 6.07) is 10.1. The molecule has 8 nitrogen and oxygen atoms in total. The smallest absolute Gasteiger partial charge is 0.253 e. The number of hydrogen-bond acceptors (Lipinski definition) is 5. The lowest BCUT2D eigenvalue weighted by Crippen LogP contribution is -2.44. The molecule has 1 saturated heterocycles. The van der Waals surface area contributed by atoms with Gasteiger partial charge in [0.25, 0.3) is 5.91 Å². The minimum atomic E-state index is -0.379. The van der Waals surface area contributed by atoms with Crippen molar-refractivity contribution in [3.05, 3.63) is 54.0 Å². The van der Waals surface area contributed by atoms with Crippen LogP contribution in [-0.2, 0) is 16.1 Å². The van der Waals surface area contributed by atoms with Gasteiger partial charge in [0.2, 0.25) is 11.8 Å². The number of carbonyl (C=O) groups is 3. The van der Waals surface area contributed by atoms with E-state index in [0.29, 0.717) is 36.5 Å². The molecule has 3 amide bonds. The fraction of sp³-hybridized carbons (Fsp3) is 0.435. The van der Waals surface area contributed by atoms with Crippen molar-refractivity contribution < 1.29 is 18.8 Å². The van der Waals surface area contributed by atoms with Crippen molar-refractivity contribution in [3.8, 4) is 0 Å². The number of anilines is 1.